The fraction of sp³-hybridized carbons (Fsp3) is 0.417. The van der Waals surface area contributed by atoms with Crippen LogP contribution in [0.1, 0.15) is 12.0 Å². The van der Waals surface area contributed by atoms with Crippen molar-refractivity contribution >= 4 is 0 Å². The Labute approximate surface area is 90.6 Å². The minimum atomic E-state index is 0.137. The first kappa shape index (κ1) is 11.7. The van der Waals surface area contributed by atoms with Crippen molar-refractivity contribution in [3.8, 4) is 6.07 Å². The Morgan fingerprint density at radius 2 is 1.93 bits per heavy atom. The number of aliphatic hydroxyl groups excluding tert-OH is 1. The molecule has 0 atom stereocenters. The van der Waals surface area contributed by atoms with E-state index in [9.17, 15) is 0 Å². The van der Waals surface area contributed by atoms with Gasteiger partial charge in [0.05, 0.1) is 12.7 Å². The Morgan fingerprint density at radius 1 is 1.20 bits per heavy atom. The molecule has 0 aliphatic carbocycles. The molecule has 0 unspecified atom stereocenters. The molecule has 15 heavy (non-hydrogen) atoms. The molecule has 0 saturated heterocycles. The zero-order chi connectivity index (χ0) is 10.9. The molecule has 1 aromatic carbocycles. The van der Waals surface area contributed by atoms with Crippen molar-refractivity contribution in [2.45, 2.75) is 13.0 Å². The average Bonchev–Trinajstić information content (AvgIpc) is 2.28. The van der Waals surface area contributed by atoms with Crippen LogP contribution in [-0.2, 0) is 6.54 Å². The van der Waals surface area contributed by atoms with Crippen molar-refractivity contribution in [3.05, 3.63) is 35.9 Å². The zero-order valence-corrected chi connectivity index (χ0v) is 8.76. The van der Waals surface area contributed by atoms with E-state index in [1.807, 2.05) is 18.2 Å². The summed E-state index contributed by atoms with van der Waals surface area (Å²) >= 11 is 0. The number of hydrogen-bond donors (Lipinski definition) is 1. The maximum Gasteiger partial charge on any atom is 0.0635 e. The van der Waals surface area contributed by atoms with Gasteiger partial charge < -0.3 is 5.11 Å². The van der Waals surface area contributed by atoms with E-state index < -0.39 is 0 Å². The Kier molecular flexibility index (Phi) is 5.46. The van der Waals surface area contributed by atoms with Gasteiger partial charge in [0.2, 0.25) is 0 Å². The van der Waals surface area contributed by atoms with Crippen molar-refractivity contribution in [3.63, 3.8) is 0 Å². The maximum absolute atomic E-state index is 8.89. The van der Waals surface area contributed by atoms with Gasteiger partial charge in [-0.3, -0.25) is 4.90 Å². The summed E-state index contributed by atoms with van der Waals surface area (Å²) in [6.45, 7) is 2.27. The van der Waals surface area contributed by atoms with Crippen LogP contribution >= 0.6 is 0 Å². The summed E-state index contributed by atoms with van der Waals surface area (Å²) in [5.41, 5.74) is 1.21. The summed E-state index contributed by atoms with van der Waals surface area (Å²) in [5, 5.41) is 17.4. The van der Waals surface area contributed by atoms with Gasteiger partial charge in [-0.1, -0.05) is 30.3 Å². The van der Waals surface area contributed by atoms with Gasteiger partial charge in [-0.25, -0.2) is 0 Å². The lowest BCUT2D eigenvalue weighted by atomic mass is 10.2. The van der Waals surface area contributed by atoms with Gasteiger partial charge in [-0.05, 0) is 5.56 Å². The number of rotatable bonds is 6. The smallest absolute Gasteiger partial charge is 0.0635 e. The highest BCUT2D eigenvalue weighted by Gasteiger charge is 2.04. The summed E-state index contributed by atoms with van der Waals surface area (Å²) in [4.78, 5) is 2.08. The summed E-state index contributed by atoms with van der Waals surface area (Å²) < 4.78 is 0. The standard InChI is InChI=1S/C12H16N2O/c13-7-4-8-14(9-10-15)11-12-5-2-1-3-6-12/h1-3,5-6,15H,4,8-11H2. The summed E-state index contributed by atoms with van der Waals surface area (Å²) in [5.74, 6) is 0. The van der Waals surface area contributed by atoms with E-state index in [4.69, 9.17) is 10.4 Å². The highest BCUT2D eigenvalue weighted by Crippen LogP contribution is 2.04. The van der Waals surface area contributed by atoms with Crippen LogP contribution in [0.4, 0.5) is 0 Å². The van der Waals surface area contributed by atoms with E-state index in [2.05, 4.69) is 23.1 Å². The van der Waals surface area contributed by atoms with E-state index in [1.54, 1.807) is 0 Å². The molecule has 1 aromatic rings. The van der Waals surface area contributed by atoms with Crippen LogP contribution in [0.25, 0.3) is 0 Å². The molecule has 0 fully saturated rings. The lowest BCUT2D eigenvalue weighted by Crippen LogP contribution is -2.27. The zero-order valence-electron chi connectivity index (χ0n) is 8.76. The summed E-state index contributed by atoms with van der Waals surface area (Å²) in [6, 6.07) is 12.2. The molecule has 3 nitrogen and oxygen atoms in total. The molecular formula is C12H16N2O. The monoisotopic (exact) mass is 204 g/mol. The van der Waals surface area contributed by atoms with Gasteiger partial charge in [-0.2, -0.15) is 5.26 Å². The highest BCUT2D eigenvalue weighted by molar-refractivity contribution is 5.14. The second kappa shape index (κ2) is 6.99. The molecule has 0 heterocycles. The van der Waals surface area contributed by atoms with E-state index in [1.165, 1.54) is 5.56 Å². The van der Waals surface area contributed by atoms with Crippen molar-refractivity contribution in [1.29, 1.82) is 5.26 Å². The molecule has 0 bridgehead atoms. The molecule has 80 valence electrons. The SMILES string of the molecule is N#CCCN(CCO)Cc1ccccc1. The van der Waals surface area contributed by atoms with Gasteiger partial charge in [-0.15, -0.1) is 0 Å². The highest BCUT2D eigenvalue weighted by atomic mass is 16.3. The van der Waals surface area contributed by atoms with Crippen LogP contribution < -0.4 is 0 Å². The second-order valence-corrected chi connectivity index (χ2v) is 3.39. The number of nitriles is 1. The van der Waals surface area contributed by atoms with E-state index >= 15 is 0 Å². The molecule has 0 saturated carbocycles. The fourth-order valence-electron chi connectivity index (χ4n) is 1.46. The van der Waals surface area contributed by atoms with Gasteiger partial charge in [0, 0.05) is 26.1 Å². The number of aliphatic hydroxyl groups is 1. The van der Waals surface area contributed by atoms with E-state index in [0.29, 0.717) is 19.5 Å². The van der Waals surface area contributed by atoms with Gasteiger partial charge >= 0.3 is 0 Å². The predicted octanol–water partition coefficient (Wildman–Crippen LogP) is 1.39. The first-order chi connectivity index (χ1) is 7.36. The van der Waals surface area contributed by atoms with Crippen LogP contribution in [0, 0.1) is 11.3 Å². The van der Waals surface area contributed by atoms with Crippen molar-refractivity contribution in [1.82, 2.24) is 4.90 Å². The number of nitrogens with zero attached hydrogens (tertiary/aromatic N) is 2. The van der Waals surface area contributed by atoms with Crippen molar-refractivity contribution in [2.24, 2.45) is 0 Å². The largest absolute Gasteiger partial charge is 0.395 e. The second-order valence-electron chi connectivity index (χ2n) is 3.39. The van der Waals surface area contributed by atoms with Crippen LogP contribution in [0.5, 0.6) is 0 Å². The molecule has 0 aromatic heterocycles. The molecular weight excluding hydrogens is 188 g/mol. The molecule has 0 aliphatic heterocycles. The topological polar surface area (TPSA) is 47.3 Å². The first-order valence-electron chi connectivity index (χ1n) is 5.11. The predicted molar refractivity (Wildman–Crippen MR) is 59.0 cm³/mol. The molecule has 0 amide bonds. The summed E-state index contributed by atoms with van der Waals surface area (Å²) in [7, 11) is 0. The van der Waals surface area contributed by atoms with Crippen LogP contribution in [0.15, 0.2) is 30.3 Å². The Morgan fingerprint density at radius 3 is 2.53 bits per heavy atom. The first-order valence-corrected chi connectivity index (χ1v) is 5.11. The molecule has 0 aliphatic rings. The number of benzene rings is 1. The van der Waals surface area contributed by atoms with Crippen molar-refractivity contribution in [2.75, 3.05) is 19.7 Å². The van der Waals surface area contributed by atoms with Crippen molar-refractivity contribution < 1.29 is 5.11 Å². The minimum Gasteiger partial charge on any atom is -0.395 e. The lowest BCUT2D eigenvalue weighted by Gasteiger charge is -2.19. The normalized spacial score (nSPS) is 10.2. The lowest BCUT2D eigenvalue weighted by molar-refractivity contribution is 0.193. The van der Waals surface area contributed by atoms with E-state index in [-0.39, 0.29) is 6.61 Å². The van der Waals surface area contributed by atoms with Gasteiger partial charge in [0.25, 0.3) is 0 Å². The quantitative estimate of drug-likeness (QED) is 0.761. The third kappa shape index (κ3) is 4.59. The van der Waals surface area contributed by atoms with Crippen LogP contribution in [0.3, 0.4) is 0 Å². The molecule has 1 N–H and O–H groups in total. The molecule has 0 radical (unpaired) electrons. The Bertz CT molecular complexity index is 305. The van der Waals surface area contributed by atoms with E-state index in [0.717, 1.165) is 6.54 Å². The van der Waals surface area contributed by atoms with Gasteiger partial charge in [0.15, 0.2) is 0 Å². The third-order valence-corrected chi connectivity index (χ3v) is 2.21. The van der Waals surface area contributed by atoms with Gasteiger partial charge in [0.1, 0.15) is 0 Å². The molecule has 3 heteroatoms. The minimum absolute atomic E-state index is 0.137. The Hall–Kier alpha value is -1.37. The fourth-order valence-corrected chi connectivity index (χ4v) is 1.46. The van der Waals surface area contributed by atoms with Crippen LogP contribution in [0.2, 0.25) is 0 Å². The number of hydrogen-bond acceptors (Lipinski definition) is 3. The maximum atomic E-state index is 8.89. The average molecular weight is 204 g/mol. The third-order valence-electron chi connectivity index (χ3n) is 2.21. The van der Waals surface area contributed by atoms with Crippen LogP contribution in [-0.4, -0.2) is 29.7 Å². The summed E-state index contributed by atoms with van der Waals surface area (Å²) in [6.07, 6.45) is 0.507. The molecule has 0 spiro atoms. The Balaban J connectivity index is 2.47. The molecule has 1 rings (SSSR count).